The molecule has 0 aromatic heterocycles. The zero-order valence-corrected chi connectivity index (χ0v) is 42.7. The monoisotopic (exact) mass is 1070 g/mol. The smallest absolute Gasteiger partial charge is 0.340 e. The van der Waals surface area contributed by atoms with E-state index in [0.717, 1.165) is 26.7 Å². The molecule has 74 heavy (non-hydrogen) atoms. The number of benzene rings is 8. The summed E-state index contributed by atoms with van der Waals surface area (Å²) in [5, 5.41) is 37.5. The summed E-state index contributed by atoms with van der Waals surface area (Å²) in [6, 6.07) is 46.4. The number of aromatic hydroxyl groups is 2. The van der Waals surface area contributed by atoms with Gasteiger partial charge in [-0.2, -0.15) is 0 Å². The molecule has 15 heteroatoms. The first kappa shape index (κ1) is 54.8. The largest absolute Gasteiger partial charge is 0.508 e. The molecular weight excluding hydrogens is 1020 g/mol. The van der Waals surface area contributed by atoms with Gasteiger partial charge in [0.2, 0.25) is 0 Å². The molecule has 0 amide bonds. The lowest BCUT2D eigenvalue weighted by molar-refractivity contribution is 0.00581. The number of rotatable bonds is 11. The Labute approximate surface area is 435 Å². The molecular formula is C59H53BrF3N3O8. The van der Waals surface area contributed by atoms with Gasteiger partial charge in [0, 0.05) is 21.5 Å². The first-order valence-corrected chi connectivity index (χ1v) is 23.7. The molecule has 11 nitrogen and oxygen atoms in total. The van der Waals surface area contributed by atoms with E-state index in [-0.39, 0.29) is 34.5 Å². The number of aromatic carboxylic acids is 1. The van der Waals surface area contributed by atoms with Gasteiger partial charge in [-0.3, -0.25) is 0 Å². The van der Waals surface area contributed by atoms with Crippen LogP contribution < -0.4 is 16.0 Å². The summed E-state index contributed by atoms with van der Waals surface area (Å²) in [5.74, 6) is -2.60. The quantitative estimate of drug-likeness (QED) is 0.0683. The van der Waals surface area contributed by atoms with Gasteiger partial charge < -0.3 is 40.7 Å². The zero-order chi connectivity index (χ0) is 53.7. The van der Waals surface area contributed by atoms with Crippen LogP contribution in [0.1, 0.15) is 72.6 Å². The Hall–Kier alpha value is -8.56. The van der Waals surface area contributed by atoms with Gasteiger partial charge in [-0.05, 0) is 203 Å². The maximum Gasteiger partial charge on any atom is 0.340 e. The molecule has 380 valence electrons. The van der Waals surface area contributed by atoms with Crippen LogP contribution in [0.2, 0.25) is 0 Å². The average molecular weight is 1070 g/mol. The fourth-order valence-corrected chi connectivity index (χ4v) is 7.22. The maximum absolute atomic E-state index is 13.2. The van der Waals surface area contributed by atoms with Gasteiger partial charge in [0.25, 0.3) is 0 Å². The van der Waals surface area contributed by atoms with Gasteiger partial charge in [-0.25, -0.2) is 27.6 Å². The van der Waals surface area contributed by atoms with E-state index in [2.05, 4.69) is 31.9 Å². The molecule has 8 aromatic carbocycles. The fraction of sp³-hybridized carbons (Fsp3) is 0.136. The van der Waals surface area contributed by atoms with Crippen LogP contribution in [0, 0.1) is 17.5 Å². The maximum atomic E-state index is 13.2. The second-order valence-electron chi connectivity index (χ2n) is 18.5. The van der Waals surface area contributed by atoms with Gasteiger partial charge in [0.1, 0.15) is 40.2 Å². The molecule has 6 N–H and O–H groups in total. The third kappa shape index (κ3) is 16.5. The Kier molecular flexibility index (Phi) is 17.9. The molecule has 0 unspecified atom stereocenters. The van der Waals surface area contributed by atoms with Crippen molar-refractivity contribution in [3.63, 3.8) is 0 Å². The molecule has 0 heterocycles. The van der Waals surface area contributed by atoms with Crippen molar-refractivity contribution in [3.8, 4) is 33.8 Å². The first-order chi connectivity index (χ1) is 35.0. The predicted molar refractivity (Wildman–Crippen MR) is 288 cm³/mol. The van der Waals surface area contributed by atoms with E-state index in [4.69, 9.17) is 9.47 Å². The Morgan fingerprint density at radius 3 is 1.05 bits per heavy atom. The highest BCUT2D eigenvalue weighted by molar-refractivity contribution is 9.10. The minimum absolute atomic E-state index is 0.113. The van der Waals surface area contributed by atoms with Gasteiger partial charge in [-0.1, -0.05) is 52.3 Å². The van der Waals surface area contributed by atoms with Crippen molar-refractivity contribution in [1.29, 1.82) is 0 Å². The van der Waals surface area contributed by atoms with E-state index in [9.17, 15) is 42.9 Å². The number of carboxylic acids is 1. The molecule has 0 aliphatic carbocycles. The number of carbonyl (C=O) groups excluding carboxylic acids is 2. The number of hydrogen-bond donors (Lipinski definition) is 6. The highest BCUT2D eigenvalue weighted by atomic mass is 79.9. The minimum Gasteiger partial charge on any atom is -0.508 e. The Balaban J connectivity index is 0.000000182. The van der Waals surface area contributed by atoms with Crippen LogP contribution in [-0.2, 0) is 9.47 Å². The molecule has 0 fully saturated rings. The molecule has 0 saturated heterocycles. The van der Waals surface area contributed by atoms with Gasteiger partial charge >= 0.3 is 17.9 Å². The molecule has 8 rings (SSSR count). The van der Waals surface area contributed by atoms with Crippen LogP contribution in [0.5, 0.6) is 11.5 Å². The lowest BCUT2D eigenvalue weighted by Crippen LogP contribution is -2.24. The number of carbonyl (C=O) groups is 3. The number of halogens is 4. The third-order valence-electron chi connectivity index (χ3n) is 10.3. The Bertz CT molecular complexity index is 3210. The highest BCUT2D eigenvalue weighted by Crippen LogP contribution is 2.33. The van der Waals surface area contributed by atoms with Crippen LogP contribution in [-0.4, -0.2) is 44.4 Å². The van der Waals surface area contributed by atoms with Crippen LogP contribution >= 0.6 is 15.9 Å². The van der Waals surface area contributed by atoms with Crippen molar-refractivity contribution in [2.24, 2.45) is 0 Å². The van der Waals surface area contributed by atoms with Crippen molar-refractivity contribution in [2.45, 2.75) is 52.7 Å². The lowest BCUT2D eigenvalue weighted by Gasteiger charge is -2.21. The topological polar surface area (TPSA) is 166 Å². The molecule has 0 radical (unpaired) electrons. The van der Waals surface area contributed by atoms with E-state index in [1.807, 2.05) is 53.7 Å². The molecule has 0 bridgehead atoms. The van der Waals surface area contributed by atoms with E-state index in [1.54, 1.807) is 109 Å². The first-order valence-electron chi connectivity index (χ1n) is 22.9. The van der Waals surface area contributed by atoms with Gasteiger partial charge in [-0.15, -0.1) is 0 Å². The molecule has 0 spiro atoms. The molecule has 0 aliphatic heterocycles. The van der Waals surface area contributed by atoms with E-state index in [1.165, 1.54) is 54.6 Å². The van der Waals surface area contributed by atoms with Crippen molar-refractivity contribution >= 4 is 68.0 Å². The van der Waals surface area contributed by atoms with Crippen LogP contribution in [0.15, 0.2) is 180 Å². The second kappa shape index (κ2) is 24.2. The summed E-state index contributed by atoms with van der Waals surface area (Å²) in [6.07, 6.45) is 0. The molecule has 0 atom stereocenters. The number of esters is 2. The van der Waals surface area contributed by atoms with E-state index >= 15 is 0 Å². The summed E-state index contributed by atoms with van der Waals surface area (Å²) in [4.78, 5) is 36.4. The normalized spacial score (nSPS) is 10.9. The second-order valence-corrected chi connectivity index (χ2v) is 19.4. The van der Waals surface area contributed by atoms with E-state index in [0.29, 0.717) is 45.3 Å². The van der Waals surface area contributed by atoms with Crippen molar-refractivity contribution in [2.75, 3.05) is 16.0 Å². The third-order valence-corrected chi connectivity index (χ3v) is 10.8. The number of hydrogen-bond acceptors (Lipinski definition) is 10. The summed E-state index contributed by atoms with van der Waals surface area (Å²) < 4.78 is 50.9. The number of ether oxygens (including phenoxy) is 2. The Morgan fingerprint density at radius 2 is 0.716 bits per heavy atom. The van der Waals surface area contributed by atoms with Gasteiger partial charge in [0.15, 0.2) is 0 Å². The van der Waals surface area contributed by atoms with Crippen molar-refractivity contribution in [3.05, 3.63) is 215 Å². The number of phenolic OH excluding ortho intramolecular Hbond substituents is 2. The van der Waals surface area contributed by atoms with Gasteiger partial charge in [0.05, 0.1) is 33.8 Å². The standard InChI is InChI=1S/C23H22FNO3.C19H14FNO3.C17H17BrFNO2/c1-23(2,3)28-22(27)20-13-6-16(15-4-11-19(26)12-5-15)14-21(20)25-18-9-7-17(24)8-10-18;20-14-4-6-15(7-5-14)21-18-11-13(3-10-17(18)19(23)24)12-1-8-16(22)9-2-12;1-17(2,3)22-16(21)14-9-4-11(18)10-15(14)20-13-7-5-12(19)6-8-13/h4-14,25-26H,1-3H3;1-11,21-22H,(H,23,24);4-10,20H,1-3H3. The number of phenols is 2. The van der Waals surface area contributed by atoms with Crippen molar-refractivity contribution < 1.29 is 52.3 Å². The summed E-state index contributed by atoms with van der Waals surface area (Å²) in [5.41, 5.74) is 6.55. The summed E-state index contributed by atoms with van der Waals surface area (Å²) in [7, 11) is 0. The van der Waals surface area contributed by atoms with Crippen LogP contribution in [0.3, 0.4) is 0 Å². The lowest BCUT2D eigenvalue weighted by atomic mass is 10.0. The molecule has 0 aliphatic rings. The average Bonchev–Trinajstić information content (AvgIpc) is 3.33. The SMILES string of the molecule is CC(C)(C)OC(=O)c1ccc(-c2ccc(O)cc2)cc1Nc1ccc(F)cc1.CC(C)(C)OC(=O)c1ccc(Br)cc1Nc1ccc(F)cc1.O=C(O)c1ccc(-c2ccc(O)cc2)cc1Nc1ccc(F)cc1. The minimum atomic E-state index is -1.06. The number of carboxylic acid groups (broad SMARTS) is 1. The molecule has 0 saturated carbocycles. The van der Waals surface area contributed by atoms with Crippen LogP contribution in [0.4, 0.5) is 47.3 Å². The zero-order valence-electron chi connectivity index (χ0n) is 41.1. The highest BCUT2D eigenvalue weighted by Gasteiger charge is 2.23. The Morgan fingerprint density at radius 1 is 0.419 bits per heavy atom. The van der Waals surface area contributed by atoms with Crippen LogP contribution in [0.25, 0.3) is 22.3 Å². The van der Waals surface area contributed by atoms with E-state index < -0.39 is 29.1 Å². The summed E-state index contributed by atoms with van der Waals surface area (Å²) >= 11 is 3.38. The number of anilines is 6. The summed E-state index contributed by atoms with van der Waals surface area (Å²) in [6.45, 7) is 10.9. The molecule has 8 aromatic rings. The predicted octanol–water partition coefficient (Wildman–Crippen LogP) is 15.8. The fourth-order valence-electron chi connectivity index (χ4n) is 6.86. The number of nitrogens with one attached hydrogen (secondary N) is 3. The van der Waals surface area contributed by atoms with Crippen molar-refractivity contribution in [1.82, 2.24) is 0 Å².